The molecule has 9 heteroatoms. The molecule has 0 saturated carbocycles. The third-order valence-corrected chi connectivity index (χ3v) is 8.11. The molecule has 172 valence electrons. The van der Waals surface area contributed by atoms with Gasteiger partial charge in [0.1, 0.15) is 12.3 Å². The predicted molar refractivity (Wildman–Crippen MR) is 141 cm³/mol. The Labute approximate surface area is 215 Å². The Morgan fingerprint density at radius 1 is 1.00 bits per heavy atom. The van der Waals surface area contributed by atoms with Crippen LogP contribution in [0.25, 0.3) is 22.2 Å². The number of halogens is 3. The third kappa shape index (κ3) is 4.86. The van der Waals surface area contributed by atoms with Crippen molar-refractivity contribution in [2.45, 2.75) is 4.90 Å². The lowest BCUT2D eigenvalue weighted by atomic mass is 10.1. The van der Waals surface area contributed by atoms with Gasteiger partial charge < -0.3 is 9.64 Å². The zero-order valence-electron chi connectivity index (χ0n) is 17.9. The van der Waals surface area contributed by atoms with Crippen molar-refractivity contribution in [3.63, 3.8) is 0 Å². The third-order valence-electron chi connectivity index (χ3n) is 5.08. The van der Waals surface area contributed by atoms with Crippen LogP contribution in [-0.2, 0) is 10.0 Å². The summed E-state index contributed by atoms with van der Waals surface area (Å²) in [5, 5.41) is 1.15. The van der Waals surface area contributed by atoms with Crippen molar-refractivity contribution in [1.82, 2.24) is 8.87 Å². The monoisotopic (exact) mass is 610 g/mol. The average Bonchev–Trinajstić information content (AvgIpc) is 3.10. The van der Waals surface area contributed by atoms with E-state index in [0.29, 0.717) is 45.0 Å². The van der Waals surface area contributed by atoms with Gasteiger partial charge in [0.05, 0.1) is 10.4 Å². The van der Waals surface area contributed by atoms with Crippen LogP contribution in [0.15, 0.2) is 80.6 Å². The van der Waals surface area contributed by atoms with Crippen LogP contribution in [0.4, 0.5) is 0 Å². The highest BCUT2D eigenvalue weighted by Crippen LogP contribution is 2.45. The van der Waals surface area contributed by atoms with Crippen molar-refractivity contribution >= 4 is 64.4 Å². The number of benzene rings is 3. The highest BCUT2D eigenvalue weighted by molar-refractivity contribution is 9.11. The average molecular weight is 613 g/mol. The van der Waals surface area contributed by atoms with Crippen LogP contribution in [-0.4, -0.2) is 44.5 Å². The van der Waals surface area contributed by atoms with E-state index in [-0.39, 0.29) is 4.90 Å². The molecule has 0 amide bonds. The van der Waals surface area contributed by atoms with Crippen LogP contribution in [0.5, 0.6) is 5.75 Å². The van der Waals surface area contributed by atoms with Crippen LogP contribution >= 0.6 is 43.5 Å². The lowest BCUT2D eigenvalue weighted by molar-refractivity contribution is 0.264. The van der Waals surface area contributed by atoms with Gasteiger partial charge in [0.15, 0.2) is 5.75 Å². The molecular formula is C24H21Br2ClN2O3S. The Balaban J connectivity index is 2.09. The highest BCUT2D eigenvalue weighted by atomic mass is 79.9. The van der Waals surface area contributed by atoms with Gasteiger partial charge in [0.25, 0.3) is 10.0 Å². The molecule has 0 bridgehead atoms. The number of fused-ring (bicyclic) bond motifs is 1. The van der Waals surface area contributed by atoms with Crippen LogP contribution in [0.1, 0.15) is 0 Å². The number of rotatable bonds is 7. The van der Waals surface area contributed by atoms with E-state index >= 15 is 0 Å². The lowest BCUT2D eigenvalue weighted by Crippen LogP contribution is -2.19. The maximum absolute atomic E-state index is 14.0. The second kappa shape index (κ2) is 9.80. The molecule has 0 radical (unpaired) electrons. The molecule has 0 aliphatic carbocycles. The van der Waals surface area contributed by atoms with Gasteiger partial charge >= 0.3 is 0 Å². The maximum Gasteiger partial charge on any atom is 0.268 e. The van der Waals surface area contributed by atoms with Gasteiger partial charge in [-0.1, -0.05) is 57.9 Å². The number of hydrogen-bond acceptors (Lipinski definition) is 4. The first-order valence-corrected chi connectivity index (χ1v) is 13.5. The number of likely N-dealkylation sites (N-methyl/N-ethyl adjacent to an activating group) is 1. The van der Waals surface area contributed by atoms with Gasteiger partial charge in [-0.2, -0.15) is 0 Å². The fourth-order valence-corrected chi connectivity index (χ4v) is 6.75. The minimum absolute atomic E-state index is 0.135. The molecule has 0 aliphatic heterocycles. The van der Waals surface area contributed by atoms with Gasteiger partial charge in [-0.05, 0) is 66.4 Å². The molecule has 33 heavy (non-hydrogen) atoms. The highest BCUT2D eigenvalue weighted by Gasteiger charge is 2.30. The van der Waals surface area contributed by atoms with E-state index in [1.807, 2.05) is 61.5 Å². The molecule has 0 saturated heterocycles. The molecule has 4 aromatic rings. The van der Waals surface area contributed by atoms with Crippen molar-refractivity contribution < 1.29 is 13.2 Å². The van der Waals surface area contributed by atoms with E-state index in [1.54, 1.807) is 12.1 Å². The first-order chi connectivity index (χ1) is 15.7. The Kier molecular flexibility index (Phi) is 7.21. The Morgan fingerprint density at radius 3 is 2.30 bits per heavy atom. The number of nitrogens with zero attached hydrogens (tertiary/aromatic N) is 2. The molecule has 0 N–H and O–H groups in total. The smallest absolute Gasteiger partial charge is 0.268 e. The van der Waals surface area contributed by atoms with Crippen LogP contribution < -0.4 is 4.74 Å². The molecule has 3 aromatic carbocycles. The second-order valence-corrected chi connectivity index (χ2v) is 11.7. The quantitative estimate of drug-likeness (QED) is 0.234. The minimum atomic E-state index is -3.99. The van der Waals surface area contributed by atoms with Crippen LogP contribution in [0.3, 0.4) is 0 Å². The van der Waals surface area contributed by atoms with Crippen LogP contribution in [0, 0.1) is 0 Å². The fourth-order valence-electron chi connectivity index (χ4n) is 3.55. The lowest BCUT2D eigenvalue weighted by Gasteiger charge is -2.15. The van der Waals surface area contributed by atoms with Gasteiger partial charge in [-0.25, -0.2) is 12.4 Å². The summed E-state index contributed by atoms with van der Waals surface area (Å²) in [7, 11) is -0.0723. The Hall–Kier alpha value is -1.84. The van der Waals surface area contributed by atoms with Gasteiger partial charge in [-0.15, -0.1) is 0 Å². The van der Waals surface area contributed by atoms with E-state index in [2.05, 4.69) is 31.9 Å². The van der Waals surface area contributed by atoms with Gasteiger partial charge in [0, 0.05) is 31.5 Å². The standard InChI is InChI=1S/C24H21Br2ClN2O3S/c1-28(2)12-13-32-24-20-14-17(25)15-21(26)23(20)29(22(24)16-6-4-3-5-7-16)33(30,31)19-10-8-18(27)9-11-19/h3-11,14-15H,12-13H2,1-2H3. The molecular weight excluding hydrogens is 592 g/mol. The summed E-state index contributed by atoms with van der Waals surface area (Å²) in [6.45, 7) is 1.08. The molecule has 1 aromatic heterocycles. The van der Waals surface area contributed by atoms with Gasteiger partial charge in [-0.3, -0.25) is 0 Å². The van der Waals surface area contributed by atoms with Crippen molar-refractivity contribution in [2.75, 3.05) is 27.2 Å². The van der Waals surface area contributed by atoms with E-state index in [0.717, 1.165) is 10.0 Å². The Morgan fingerprint density at radius 2 is 1.67 bits per heavy atom. The predicted octanol–water partition coefficient (Wildman–Crippen LogP) is 6.66. The molecule has 0 aliphatic rings. The van der Waals surface area contributed by atoms with Crippen molar-refractivity contribution in [1.29, 1.82) is 0 Å². The van der Waals surface area contributed by atoms with Crippen molar-refractivity contribution in [3.8, 4) is 17.0 Å². The summed E-state index contributed by atoms with van der Waals surface area (Å²) in [5.41, 5.74) is 1.71. The largest absolute Gasteiger partial charge is 0.489 e. The van der Waals surface area contributed by atoms with Crippen LogP contribution in [0.2, 0.25) is 5.02 Å². The van der Waals surface area contributed by atoms with E-state index < -0.39 is 10.0 Å². The summed E-state index contributed by atoms with van der Waals surface area (Å²) in [4.78, 5) is 2.15. The zero-order valence-corrected chi connectivity index (χ0v) is 22.7. The fraction of sp³-hybridized carbons (Fsp3) is 0.167. The number of ether oxygens (including phenoxy) is 1. The van der Waals surface area contributed by atoms with Crippen molar-refractivity contribution in [3.05, 3.63) is 80.7 Å². The maximum atomic E-state index is 14.0. The van der Waals surface area contributed by atoms with E-state index in [1.165, 1.54) is 16.1 Å². The summed E-state index contributed by atoms with van der Waals surface area (Å²) in [6, 6.07) is 19.3. The molecule has 1 heterocycles. The second-order valence-electron chi connectivity index (χ2n) is 7.70. The SMILES string of the molecule is CN(C)CCOc1c(-c2ccccc2)n(S(=O)(=O)c2ccc(Cl)cc2)c2c(Br)cc(Br)cc12. The number of aromatic nitrogens is 1. The summed E-state index contributed by atoms with van der Waals surface area (Å²) < 4.78 is 37.1. The van der Waals surface area contributed by atoms with Crippen molar-refractivity contribution in [2.24, 2.45) is 0 Å². The summed E-state index contributed by atoms with van der Waals surface area (Å²) in [6.07, 6.45) is 0. The normalized spacial score (nSPS) is 11.9. The molecule has 0 unspecified atom stereocenters. The summed E-state index contributed by atoms with van der Waals surface area (Å²) in [5.74, 6) is 0.512. The molecule has 0 spiro atoms. The Bertz CT molecular complexity index is 1400. The summed E-state index contributed by atoms with van der Waals surface area (Å²) >= 11 is 13.1. The molecule has 4 rings (SSSR count). The van der Waals surface area contributed by atoms with Gasteiger partial charge in [0.2, 0.25) is 0 Å². The molecule has 0 atom stereocenters. The minimum Gasteiger partial charge on any atom is -0.489 e. The van der Waals surface area contributed by atoms with E-state index in [4.69, 9.17) is 16.3 Å². The first kappa shape index (κ1) is 24.3. The molecule has 5 nitrogen and oxygen atoms in total. The topological polar surface area (TPSA) is 51.5 Å². The molecule has 0 fully saturated rings. The number of hydrogen-bond donors (Lipinski definition) is 0. The van der Waals surface area contributed by atoms with E-state index in [9.17, 15) is 8.42 Å². The first-order valence-electron chi connectivity index (χ1n) is 10.1. The zero-order chi connectivity index (χ0) is 23.8.